The zero-order valence-electron chi connectivity index (χ0n) is 16.0. The number of aryl methyl sites for hydroxylation is 1. The van der Waals surface area contributed by atoms with E-state index in [0.29, 0.717) is 6.42 Å². The Morgan fingerprint density at radius 1 is 1.00 bits per heavy atom. The van der Waals surface area contributed by atoms with E-state index >= 15 is 0 Å². The number of nitrogens with one attached hydrogen (secondary N) is 1. The number of carbonyl (C=O) groups is 1. The van der Waals surface area contributed by atoms with Crippen LogP contribution >= 0.6 is 0 Å². The van der Waals surface area contributed by atoms with Crippen molar-refractivity contribution < 1.29 is 4.79 Å². The van der Waals surface area contributed by atoms with Gasteiger partial charge in [0.25, 0.3) is 0 Å². The molecule has 3 rings (SSSR count). The number of aromatic nitrogens is 2. The molecule has 0 radical (unpaired) electrons. The number of rotatable bonds is 8. The van der Waals surface area contributed by atoms with Gasteiger partial charge in [-0.2, -0.15) is 0 Å². The van der Waals surface area contributed by atoms with Crippen LogP contribution in [0.25, 0.3) is 10.9 Å². The molecule has 2 aromatic carbocycles. The Balaban J connectivity index is 1.60. The lowest BCUT2D eigenvalue weighted by Crippen LogP contribution is -2.16. The lowest BCUT2D eigenvalue weighted by molar-refractivity contribution is -0.120. The van der Waals surface area contributed by atoms with Gasteiger partial charge in [0.15, 0.2) is 0 Å². The van der Waals surface area contributed by atoms with Gasteiger partial charge in [0, 0.05) is 31.6 Å². The van der Waals surface area contributed by atoms with Crippen molar-refractivity contribution in [2.24, 2.45) is 0 Å². The number of anilines is 2. The van der Waals surface area contributed by atoms with Gasteiger partial charge in [0.1, 0.15) is 12.1 Å². The molecule has 0 saturated heterocycles. The van der Waals surface area contributed by atoms with E-state index in [-0.39, 0.29) is 5.91 Å². The quantitative estimate of drug-likeness (QED) is 0.609. The zero-order valence-corrected chi connectivity index (χ0v) is 16.0. The molecule has 27 heavy (non-hydrogen) atoms. The number of hydrogen-bond donors (Lipinski definition) is 1. The van der Waals surface area contributed by atoms with E-state index < -0.39 is 0 Å². The third-order valence-corrected chi connectivity index (χ3v) is 4.81. The first-order chi connectivity index (χ1) is 13.2. The number of amides is 1. The van der Waals surface area contributed by atoms with Gasteiger partial charge in [-0.3, -0.25) is 4.79 Å². The standard InChI is InChI=1S/C22H26N4O/c1-23-21(27)11-5-3-4-8-17-12-14-18(15-13-17)26(2)22-19-9-6-7-10-20(19)24-16-25-22/h6-7,9-10,12-16H,3-5,8,11H2,1-2H3,(H,23,27). The molecule has 0 atom stereocenters. The van der Waals surface area contributed by atoms with E-state index in [1.165, 1.54) is 5.56 Å². The largest absolute Gasteiger partial charge is 0.359 e. The van der Waals surface area contributed by atoms with E-state index in [0.717, 1.165) is 48.1 Å². The van der Waals surface area contributed by atoms with Crippen molar-refractivity contribution in [3.8, 4) is 0 Å². The molecule has 0 aliphatic heterocycles. The molecule has 3 aromatic rings. The van der Waals surface area contributed by atoms with Gasteiger partial charge in [-0.1, -0.05) is 30.7 Å². The fraction of sp³-hybridized carbons (Fsp3) is 0.318. The Morgan fingerprint density at radius 3 is 2.56 bits per heavy atom. The predicted octanol–water partition coefficient (Wildman–Crippen LogP) is 4.25. The predicted molar refractivity (Wildman–Crippen MR) is 110 cm³/mol. The molecule has 0 unspecified atom stereocenters. The molecule has 0 aliphatic rings. The summed E-state index contributed by atoms with van der Waals surface area (Å²) in [6, 6.07) is 16.7. The van der Waals surface area contributed by atoms with Crippen LogP contribution in [0.1, 0.15) is 31.2 Å². The van der Waals surface area contributed by atoms with Gasteiger partial charge in [-0.05, 0) is 49.1 Å². The summed E-state index contributed by atoms with van der Waals surface area (Å²) in [6.45, 7) is 0. The summed E-state index contributed by atoms with van der Waals surface area (Å²) < 4.78 is 0. The van der Waals surface area contributed by atoms with Gasteiger partial charge in [0.05, 0.1) is 5.52 Å². The van der Waals surface area contributed by atoms with Crippen LogP contribution in [-0.2, 0) is 11.2 Å². The second-order valence-corrected chi connectivity index (χ2v) is 6.67. The Bertz CT molecular complexity index is 887. The fourth-order valence-corrected chi connectivity index (χ4v) is 3.18. The van der Waals surface area contributed by atoms with Crippen molar-refractivity contribution in [2.45, 2.75) is 32.1 Å². The van der Waals surface area contributed by atoms with Gasteiger partial charge in [0.2, 0.25) is 5.91 Å². The van der Waals surface area contributed by atoms with E-state index in [4.69, 9.17) is 0 Å². The zero-order chi connectivity index (χ0) is 19.1. The normalized spacial score (nSPS) is 10.7. The van der Waals surface area contributed by atoms with E-state index in [9.17, 15) is 4.79 Å². The van der Waals surface area contributed by atoms with Crippen LogP contribution in [0.4, 0.5) is 11.5 Å². The second kappa shape index (κ2) is 9.12. The maximum Gasteiger partial charge on any atom is 0.219 e. The molecule has 0 spiro atoms. The minimum Gasteiger partial charge on any atom is -0.359 e. The number of carbonyl (C=O) groups excluding carboxylic acids is 1. The first-order valence-corrected chi connectivity index (χ1v) is 9.42. The Kier molecular flexibility index (Phi) is 6.36. The average molecular weight is 362 g/mol. The first kappa shape index (κ1) is 18.8. The molecule has 140 valence electrons. The molecular weight excluding hydrogens is 336 g/mol. The van der Waals surface area contributed by atoms with Crippen molar-refractivity contribution >= 4 is 28.3 Å². The lowest BCUT2D eigenvalue weighted by atomic mass is 10.1. The smallest absolute Gasteiger partial charge is 0.219 e. The molecule has 0 bridgehead atoms. The van der Waals surface area contributed by atoms with Crippen molar-refractivity contribution in [3.63, 3.8) is 0 Å². The maximum absolute atomic E-state index is 11.2. The number of hydrogen-bond acceptors (Lipinski definition) is 4. The van der Waals surface area contributed by atoms with Gasteiger partial charge in [-0.15, -0.1) is 0 Å². The van der Waals surface area contributed by atoms with E-state index in [1.54, 1.807) is 13.4 Å². The lowest BCUT2D eigenvalue weighted by Gasteiger charge is -2.20. The molecule has 1 aromatic heterocycles. The minimum atomic E-state index is 0.125. The van der Waals surface area contributed by atoms with Gasteiger partial charge >= 0.3 is 0 Å². The summed E-state index contributed by atoms with van der Waals surface area (Å²) in [4.78, 5) is 22.1. The van der Waals surface area contributed by atoms with Crippen molar-refractivity contribution in [3.05, 3.63) is 60.4 Å². The molecule has 1 heterocycles. The van der Waals surface area contributed by atoms with Crippen LogP contribution in [0.3, 0.4) is 0 Å². The molecule has 0 aliphatic carbocycles. The highest BCUT2D eigenvalue weighted by molar-refractivity contribution is 5.91. The van der Waals surface area contributed by atoms with Crippen LogP contribution in [0.15, 0.2) is 54.9 Å². The number of para-hydroxylation sites is 1. The molecular formula is C22H26N4O. The topological polar surface area (TPSA) is 58.1 Å². The highest BCUT2D eigenvalue weighted by Crippen LogP contribution is 2.28. The van der Waals surface area contributed by atoms with Gasteiger partial charge < -0.3 is 10.2 Å². The molecule has 1 amide bonds. The highest BCUT2D eigenvalue weighted by atomic mass is 16.1. The van der Waals surface area contributed by atoms with E-state index in [2.05, 4.69) is 44.5 Å². The minimum absolute atomic E-state index is 0.125. The van der Waals surface area contributed by atoms with Crippen LogP contribution in [0, 0.1) is 0 Å². The Labute approximate surface area is 160 Å². The number of unbranched alkanes of at least 4 members (excludes halogenated alkanes) is 2. The highest BCUT2D eigenvalue weighted by Gasteiger charge is 2.10. The molecule has 0 fully saturated rings. The van der Waals surface area contributed by atoms with Crippen LogP contribution in [-0.4, -0.2) is 30.0 Å². The van der Waals surface area contributed by atoms with Gasteiger partial charge in [-0.25, -0.2) is 9.97 Å². The summed E-state index contributed by atoms with van der Waals surface area (Å²) in [6.07, 6.45) is 6.38. The molecule has 5 nitrogen and oxygen atoms in total. The van der Waals surface area contributed by atoms with Crippen LogP contribution in [0.5, 0.6) is 0 Å². The summed E-state index contributed by atoms with van der Waals surface area (Å²) in [5, 5.41) is 3.71. The third kappa shape index (κ3) is 4.82. The monoisotopic (exact) mass is 362 g/mol. The average Bonchev–Trinajstić information content (AvgIpc) is 2.73. The summed E-state index contributed by atoms with van der Waals surface area (Å²) >= 11 is 0. The number of nitrogens with zero attached hydrogens (tertiary/aromatic N) is 3. The molecule has 0 saturated carbocycles. The first-order valence-electron chi connectivity index (χ1n) is 9.42. The third-order valence-electron chi connectivity index (χ3n) is 4.81. The summed E-state index contributed by atoms with van der Waals surface area (Å²) in [5.74, 6) is 1.03. The van der Waals surface area contributed by atoms with Crippen LogP contribution < -0.4 is 10.2 Å². The van der Waals surface area contributed by atoms with Crippen molar-refractivity contribution in [1.82, 2.24) is 15.3 Å². The molecule has 1 N–H and O–H groups in total. The maximum atomic E-state index is 11.2. The second-order valence-electron chi connectivity index (χ2n) is 6.67. The van der Waals surface area contributed by atoms with Crippen LogP contribution in [0.2, 0.25) is 0 Å². The number of fused-ring (bicyclic) bond motifs is 1. The Hall–Kier alpha value is -2.95. The summed E-state index contributed by atoms with van der Waals surface area (Å²) in [7, 11) is 3.72. The van der Waals surface area contributed by atoms with Crippen molar-refractivity contribution in [2.75, 3.05) is 19.0 Å². The fourth-order valence-electron chi connectivity index (χ4n) is 3.18. The molecule has 5 heteroatoms. The van der Waals surface area contributed by atoms with E-state index in [1.807, 2.05) is 31.3 Å². The van der Waals surface area contributed by atoms with Crippen molar-refractivity contribution in [1.29, 1.82) is 0 Å². The Morgan fingerprint density at radius 2 is 1.78 bits per heavy atom. The number of benzene rings is 2. The summed E-state index contributed by atoms with van der Waals surface area (Å²) in [5.41, 5.74) is 3.37. The SMILES string of the molecule is CNC(=O)CCCCCc1ccc(N(C)c2ncnc3ccccc23)cc1.